The number of nitro groups is 1. The van der Waals surface area contributed by atoms with Crippen molar-refractivity contribution >= 4 is 33.9 Å². The molecule has 150 valence electrons. The van der Waals surface area contributed by atoms with Gasteiger partial charge in [-0.25, -0.2) is 4.79 Å². The summed E-state index contributed by atoms with van der Waals surface area (Å²) in [6, 6.07) is 0. The number of ether oxygens (including phenoxy) is 1. The lowest BCUT2D eigenvalue weighted by Gasteiger charge is -2.11. The number of aryl methyl sites for hydroxylation is 2. The second-order valence-electron chi connectivity index (χ2n) is 7.00. The van der Waals surface area contributed by atoms with E-state index >= 15 is 0 Å². The second kappa shape index (κ2) is 7.70. The number of nitrogens with one attached hydrogen (secondary N) is 1. The third kappa shape index (κ3) is 3.77. The normalized spacial score (nSPS) is 12.9. The van der Waals surface area contributed by atoms with Crippen LogP contribution in [-0.2, 0) is 28.9 Å². The fraction of sp³-hybridized carbons (Fsp3) is 0.500. The van der Waals surface area contributed by atoms with Crippen molar-refractivity contribution in [2.24, 2.45) is 0 Å². The van der Waals surface area contributed by atoms with Gasteiger partial charge < -0.3 is 10.1 Å². The number of hydrogen-bond acceptors (Lipinski definition) is 7. The molecule has 10 heteroatoms. The SMILES string of the molecule is Cc1nn(CC(=O)Nc2sc3c(c2C(=O)OC(C)C)CCC3)c(C)c1[N+](=O)[O-]. The number of carbonyl (C=O) groups is 2. The average molecular weight is 406 g/mol. The van der Waals surface area contributed by atoms with Crippen LogP contribution in [0, 0.1) is 24.0 Å². The maximum Gasteiger partial charge on any atom is 0.341 e. The van der Waals surface area contributed by atoms with Gasteiger partial charge in [-0.1, -0.05) is 0 Å². The quantitative estimate of drug-likeness (QED) is 0.447. The Bertz CT molecular complexity index is 960. The first-order valence-corrected chi connectivity index (χ1v) is 9.84. The summed E-state index contributed by atoms with van der Waals surface area (Å²) in [5.41, 5.74) is 1.85. The second-order valence-corrected chi connectivity index (χ2v) is 8.10. The number of anilines is 1. The molecule has 0 saturated heterocycles. The van der Waals surface area contributed by atoms with E-state index in [1.54, 1.807) is 20.8 Å². The van der Waals surface area contributed by atoms with Gasteiger partial charge in [0.05, 0.1) is 16.6 Å². The molecule has 1 amide bonds. The number of nitrogens with zero attached hydrogens (tertiary/aromatic N) is 3. The molecule has 0 unspecified atom stereocenters. The molecule has 0 atom stereocenters. The predicted molar refractivity (Wildman–Crippen MR) is 104 cm³/mol. The van der Waals surface area contributed by atoms with Crippen LogP contribution < -0.4 is 5.32 Å². The Morgan fingerprint density at radius 1 is 1.36 bits per heavy atom. The highest BCUT2D eigenvalue weighted by atomic mass is 32.1. The van der Waals surface area contributed by atoms with E-state index < -0.39 is 16.8 Å². The maximum absolute atomic E-state index is 12.6. The van der Waals surface area contributed by atoms with E-state index in [-0.39, 0.29) is 24.0 Å². The molecule has 1 aliphatic rings. The van der Waals surface area contributed by atoms with Crippen LogP contribution in [0.4, 0.5) is 10.7 Å². The molecule has 2 aromatic heterocycles. The Morgan fingerprint density at radius 3 is 2.68 bits per heavy atom. The lowest BCUT2D eigenvalue weighted by atomic mass is 10.1. The highest BCUT2D eigenvalue weighted by molar-refractivity contribution is 7.17. The summed E-state index contributed by atoms with van der Waals surface area (Å²) in [5.74, 6) is -0.842. The van der Waals surface area contributed by atoms with E-state index in [4.69, 9.17) is 4.74 Å². The smallest absolute Gasteiger partial charge is 0.341 e. The molecule has 2 aromatic rings. The monoisotopic (exact) mass is 406 g/mol. The Balaban J connectivity index is 1.83. The number of esters is 1. The molecule has 0 bridgehead atoms. The Hall–Kier alpha value is -2.75. The molecule has 0 aliphatic heterocycles. The summed E-state index contributed by atoms with van der Waals surface area (Å²) in [6.45, 7) is 6.46. The van der Waals surface area contributed by atoms with Crippen molar-refractivity contribution in [3.63, 3.8) is 0 Å². The Labute approximate surface area is 165 Å². The van der Waals surface area contributed by atoms with E-state index in [0.717, 1.165) is 29.7 Å². The summed E-state index contributed by atoms with van der Waals surface area (Å²) < 4.78 is 6.65. The Morgan fingerprint density at radius 2 is 2.07 bits per heavy atom. The lowest BCUT2D eigenvalue weighted by molar-refractivity contribution is -0.386. The minimum atomic E-state index is -0.504. The molecule has 0 aromatic carbocycles. The first-order valence-electron chi connectivity index (χ1n) is 9.02. The number of amides is 1. The molecule has 0 fully saturated rings. The highest BCUT2D eigenvalue weighted by Gasteiger charge is 2.29. The molecule has 0 radical (unpaired) electrons. The van der Waals surface area contributed by atoms with E-state index in [1.807, 2.05) is 0 Å². The number of fused-ring (bicyclic) bond motifs is 1. The van der Waals surface area contributed by atoms with Gasteiger partial charge in [-0.2, -0.15) is 5.10 Å². The lowest BCUT2D eigenvalue weighted by Crippen LogP contribution is -2.22. The summed E-state index contributed by atoms with van der Waals surface area (Å²) in [5, 5.41) is 18.5. The number of carbonyl (C=O) groups excluding carboxylic acids is 2. The van der Waals surface area contributed by atoms with Gasteiger partial charge in [0.1, 0.15) is 22.9 Å². The fourth-order valence-electron chi connectivity index (χ4n) is 3.39. The van der Waals surface area contributed by atoms with Crippen molar-refractivity contribution in [3.8, 4) is 0 Å². The minimum absolute atomic E-state index is 0.0934. The van der Waals surface area contributed by atoms with Crippen molar-refractivity contribution in [1.29, 1.82) is 0 Å². The summed E-state index contributed by atoms with van der Waals surface area (Å²) >= 11 is 1.39. The molecule has 28 heavy (non-hydrogen) atoms. The van der Waals surface area contributed by atoms with Crippen molar-refractivity contribution in [3.05, 3.63) is 37.5 Å². The zero-order chi connectivity index (χ0) is 20.6. The molecule has 1 aliphatic carbocycles. The van der Waals surface area contributed by atoms with Gasteiger partial charge in [0.2, 0.25) is 5.91 Å². The number of aromatic nitrogens is 2. The molecule has 9 nitrogen and oxygen atoms in total. The minimum Gasteiger partial charge on any atom is -0.459 e. The van der Waals surface area contributed by atoms with Crippen molar-refractivity contribution in [2.75, 3.05) is 5.32 Å². The molecule has 0 spiro atoms. The highest BCUT2D eigenvalue weighted by Crippen LogP contribution is 2.39. The first kappa shape index (κ1) is 20.0. The van der Waals surface area contributed by atoms with Crippen LogP contribution in [0.2, 0.25) is 0 Å². The van der Waals surface area contributed by atoms with Crippen molar-refractivity contribution in [1.82, 2.24) is 9.78 Å². The van der Waals surface area contributed by atoms with Crippen LogP contribution in [0.25, 0.3) is 0 Å². The molecule has 1 N–H and O–H groups in total. The van der Waals surface area contributed by atoms with Crippen molar-refractivity contribution in [2.45, 2.75) is 59.6 Å². The van der Waals surface area contributed by atoms with Gasteiger partial charge in [0.25, 0.3) is 0 Å². The summed E-state index contributed by atoms with van der Waals surface area (Å²) in [7, 11) is 0. The number of hydrogen-bond donors (Lipinski definition) is 1. The van der Waals surface area contributed by atoms with E-state index in [9.17, 15) is 19.7 Å². The largest absolute Gasteiger partial charge is 0.459 e. The van der Waals surface area contributed by atoms with Crippen LogP contribution >= 0.6 is 11.3 Å². The van der Waals surface area contributed by atoms with E-state index in [0.29, 0.717) is 16.3 Å². The van der Waals surface area contributed by atoms with Crippen LogP contribution in [0.1, 0.15) is 52.5 Å². The van der Waals surface area contributed by atoms with Gasteiger partial charge >= 0.3 is 11.7 Å². The van der Waals surface area contributed by atoms with Gasteiger partial charge in [0, 0.05) is 4.88 Å². The maximum atomic E-state index is 12.6. The zero-order valence-electron chi connectivity index (χ0n) is 16.2. The third-order valence-corrected chi connectivity index (χ3v) is 5.75. The molecular weight excluding hydrogens is 384 g/mol. The molecule has 2 heterocycles. The van der Waals surface area contributed by atoms with Crippen molar-refractivity contribution < 1.29 is 19.2 Å². The Kier molecular flexibility index (Phi) is 5.50. The summed E-state index contributed by atoms with van der Waals surface area (Å²) in [6.07, 6.45) is 2.38. The predicted octanol–water partition coefficient (Wildman–Crippen LogP) is 3.16. The van der Waals surface area contributed by atoms with Crippen LogP contribution in [0.15, 0.2) is 0 Å². The number of thiophene rings is 1. The topological polar surface area (TPSA) is 116 Å². The average Bonchev–Trinajstić information content (AvgIpc) is 3.20. The molecule has 0 saturated carbocycles. The van der Waals surface area contributed by atoms with Gasteiger partial charge in [0.15, 0.2) is 0 Å². The third-order valence-electron chi connectivity index (χ3n) is 4.54. The first-order chi connectivity index (χ1) is 13.2. The van der Waals surface area contributed by atoms with E-state index in [1.165, 1.54) is 22.9 Å². The fourth-order valence-corrected chi connectivity index (χ4v) is 4.68. The van der Waals surface area contributed by atoms with Crippen LogP contribution in [-0.4, -0.2) is 32.7 Å². The van der Waals surface area contributed by atoms with Gasteiger partial charge in [-0.05, 0) is 52.5 Å². The van der Waals surface area contributed by atoms with E-state index in [2.05, 4.69) is 10.4 Å². The van der Waals surface area contributed by atoms with Gasteiger partial charge in [-0.3, -0.25) is 19.6 Å². The molecular formula is C18H22N4O5S. The number of rotatable bonds is 6. The summed E-state index contributed by atoms with van der Waals surface area (Å²) in [4.78, 5) is 36.8. The molecule has 3 rings (SSSR count). The van der Waals surface area contributed by atoms with Crippen LogP contribution in [0.5, 0.6) is 0 Å². The van der Waals surface area contributed by atoms with Crippen LogP contribution in [0.3, 0.4) is 0 Å². The zero-order valence-corrected chi connectivity index (χ0v) is 17.0. The van der Waals surface area contributed by atoms with Gasteiger partial charge in [-0.15, -0.1) is 11.3 Å². The standard InChI is InChI=1S/C18H22N4O5S/c1-9(2)27-18(24)15-12-6-5-7-13(12)28-17(15)19-14(23)8-21-11(4)16(22(25)26)10(3)20-21/h9H,5-8H2,1-4H3,(H,19,23).